The van der Waals surface area contributed by atoms with Gasteiger partial charge in [-0.05, 0) is 43.3 Å². The van der Waals surface area contributed by atoms with Crippen LogP contribution in [0.5, 0.6) is 0 Å². The van der Waals surface area contributed by atoms with Gasteiger partial charge in [0.1, 0.15) is 11.5 Å². The summed E-state index contributed by atoms with van der Waals surface area (Å²) in [5.74, 6) is -0.358. The maximum atomic E-state index is 13.3. The molecule has 1 amide bonds. The fourth-order valence-corrected chi connectivity index (χ4v) is 2.59. The van der Waals surface area contributed by atoms with Crippen molar-refractivity contribution in [3.8, 4) is 11.5 Å². The number of hydrogen-bond donors (Lipinski definition) is 1. The van der Waals surface area contributed by atoms with Gasteiger partial charge in [-0.3, -0.25) is 4.79 Å². The summed E-state index contributed by atoms with van der Waals surface area (Å²) in [6.07, 6.45) is 1.51. The molecule has 4 aromatic rings. The maximum absolute atomic E-state index is 13.3. The molecule has 0 fully saturated rings. The average molecular weight is 337 g/mol. The first kappa shape index (κ1) is 15.1. The zero-order chi connectivity index (χ0) is 17.4. The first-order valence-corrected chi connectivity index (χ1v) is 7.49. The number of furan rings is 1. The number of nitrogens with one attached hydrogen (secondary N) is 1. The highest BCUT2D eigenvalue weighted by atomic mass is 19.1. The Morgan fingerprint density at radius 1 is 1.20 bits per heavy atom. The van der Waals surface area contributed by atoms with Crippen molar-refractivity contribution in [1.29, 1.82) is 0 Å². The molecule has 4 rings (SSSR count). The number of aryl methyl sites for hydroxylation is 1. The molecule has 6 nitrogen and oxygen atoms in total. The van der Waals surface area contributed by atoms with Crippen molar-refractivity contribution in [1.82, 2.24) is 10.1 Å². The second-order valence-electron chi connectivity index (χ2n) is 5.44. The summed E-state index contributed by atoms with van der Waals surface area (Å²) in [6, 6.07) is 10.7. The van der Waals surface area contributed by atoms with E-state index in [0.29, 0.717) is 33.8 Å². The second-order valence-corrected chi connectivity index (χ2v) is 5.44. The van der Waals surface area contributed by atoms with Crippen molar-refractivity contribution in [2.75, 3.05) is 5.32 Å². The molecule has 0 spiro atoms. The van der Waals surface area contributed by atoms with Gasteiger partial charge in [0.2, 0.25) is 0 Å². The third-order valence-electron chi connectivity index (χ3n) is 3.72. The van der Waals surface area contributed by atoms with Gasteiger partial charge in [-0.15, -0.1) is 0 Å². The van der Waals surface area contributed by atoms with Crippen molar-refractivity contribution in [3.05, 3.63) is 65.8 Å². The minimum Gasteiger partial charge on any atom is -0.463 e. The smallest absolute Gasteiger partial charge is 0.259 e. The van der Waals surface area contributed by atoms with Crippen LogP contribution in [-0.4, -0.2) is 16.0 Å². The van der Waals surface area contributed by atoms with Crippen molar-refractivity contribution in [2.24, 2.45) is 0 Å². The quantitative estimate of drug-likeness (QED) is 0.606. The number of hydrogen-bond acceptors (Lipinski definition) is 5. The molecule has 1 aromatic carbocycles. The third kappa shape index (κ3) is 2.76. The lowest BCUT2D eigenvalue weighted by atomic mass is 10.1. The van der Waals surface area contributed by atoms with E-state index in [1.807, 2.05) is 0 Å². The summed E-state index contributed by atoms with van der Waals surface area (Å²) in [4.78, 5) is 17.1. The van der Waals surface area contributed by atoms with Crippen LogP contribution in [0.4, 0.5) is 10.1 Å². The van der Waals surface area contributed by atoms with Gasteiger partial charge in [0.15, 0.2) is 5.76 Å². The van der Waals surface area contributed by atoms with E-state index in [4.69, 9.17) is 8.94 Å². The van der Waals surface area contributed by atoms with Gasteiger partial charge in [0.05, 0.1) is 22.9 Å². The normalized spacial score (nSPS) is 11.0. The van der Waals surface area contributed by atoms with Crippen LogP contribution in [0.15, 0.2) is 57.7 Å². The first-order valence-electron chi connectivity index (χ1n) is 7.49. The Hall–Kier alpha value is -3.48. The first-order chi connectivity index (χ1) is 12.1. The third-order valence-corrected chi connectivity index (χ3v) is 3.72. The number of halogens is 1. The summed E-state index contributed by atoms with van der Waals surface area (Å²) in [5.41, 5.74) is 1.88. The van der Waals surface area contributed by atoms with Crippen LogP contribution in [0.2, 0.25) is 0 Å². The van der Waals surface area contributed by atoms with Gasteiger partial charge in [-0.2, -0.15) is 0 Å². The monoisotopic (exact) mass is 337 g/mol. The number of benzene rings is 1. The molecule has 0 aliphatic rings. The number of pyridine rings is 1. The number of carbonyl (C=O) groups excluding carboxylic acids is 1. The van der Waals surface area contributed by atoms with Crippen LogP contribution in [0, 0.1) is 12.7 Å². The molecule has 0 atom stereocenters. The van der Waals surface area contributed by atoms with Gasteiger partial charge < -0.3 is 14.3 Å². The molecule has 0 bridgehead atoms. The highest BCUT2D eigenvalue weighted by molar-refractivity contribution is 6.12. The van der Waals surface area contributed by atoms with Crippen LogP contribution in [0.25, 0.3) is 22.6 Å². The molecule has 124 valence electrons. The Balaban J connectivity index is 1.81. The zero-order valence-corrected chi connectivity index (χ0v) is 13.1. The van der Waals surface area contributed by atoms with Crippen LogP contribution >= 0.6 is 0 Å². The molecule has 0 unspecified atom stereocenters. The number of aromatic nitrogens is 2. The van der Waals surface area contributed by atoms with E-state index >= 15 is 0 Å². The van der Waals surface area contributed by atoms with Crippen molar-refractivity contribution in [2.45, 2.75) is 6.92 Å². The van der Waals surface area contributed by atoms with E-state index < -0.39 is 11.7 Å². The molecule has 1 N–H and O–H groups in total. The van der Waals surface area contributed by atoms with Crippen molar-refractivity contribution < 1.29 is 18.1 Å². The summed E-state index contributed by atoms with van der Waals surface area (Å²) < 4.78 is 23.9. The Labute approximate surface area is 141 Å². The molecule has 0 saturated heterocycles. The number of nitrogens with zero attached hydrogens (tertiary/aromatic N) is 2. The molecule has 0 aliphatic heterocycles. The average Bonchev–Trinajstić information content (AvgIpc) is 3.24. The predicted molar refractivity (Wildman–Crippen MR) is 88.6 cm³/mol. The van der Waals surface area contributed by atoms with E-state index in [1.165, 1.54) is 24.5 Å². The standard InChI is InChI=1S/C18H12FN3O3/c1-10-16-13(17(23)20-12-5-2-4-11(19)8-12)9-14(15-6-3-7-24-15)21-18(16)25-22-10/h2-9H,1H3,(H,20,23). The molecule has 3 aromatic heterocycles. The SMILES string of the molecule is Cc1noc2nc(-c3ccco3)cc(C(=O)Nc3cccc(F)c3)c12. The number of amides is 1. The zero-order valence-electron chi connectivity index (χ0n) is 13.1. The molecule has 0 saturated carbocycles. The van der Waals surface area contributed by atoms with Gasteiger partial charge in [-0.25, -0.2) is 9.37 Å². The number of anilines is 1. The molecule has 0 aliphatic carbocycles. The van der Waals surface area contributed by atoms with Gasteiger partial charge >= 0.3 is 0 Å². The molecular formula is C18H12FN3O3. The summed E-state index contributed by atoms with van der Waals surface area (Å²) in [5, 5.41) is 7.05. The second kappa shape index (κ2) is 5.86. The minimum absolute atomic E-state index is 0.232. The Bertz CT molecular complexity index is 1070. The minimum atomic E-state index is -0.435. The van der Waals surface area contributed by atoms with Crippen molar-refractivity contribution in [3.63, 3.8) is 0 Å². The van der Waals surface area contributed by atoms with E-state index in [-0.39, 0.29) is 5.71 Å². The largest absolute Gasteiger partial charge is 0.463 e. The topological polar surface area (TPSA) is 81.2 Å². The van der Waals surface area contributed by atoms with Gasteiger partial charge in [0.25, 0.3) is 11.6 Å². The lowest BCUT2D eigenvalue weighted by molar-refractivity contribution is 0.102. The Morgan fingerprint density at radius 3 is 2.84 bits per heavy atom. The van der Waals surface area contributed by atoms with Crippen LogP contribution in [0.1, 0.15) is 16.1 Å². The van der Waals surface area contributed by atoms with E-state index in [1.54, 1.807) is 31.2 Å². The Morgan fingerprint density at radius 2 is 2.08 bits per heavy atom. The number of fused-ring (bicyclic) bond motifs is 1. The highest BCUT2D eigenvalue weighted by Gasteiger charge is 2.20. The van der Waals surface area contributed by atoms with E-state index in [9.17, 15) is 9.18 Å². The summed E-state index contributed by atoms with van der Waals surface area (Å²) in [6.45, 7) is 1.72. The lowest BCUT2D eigenvalue weighted by Gasteiger charge is -2.07. The Kier molecular flexibility index (Phi) is 3.53. The van der Waals surface area contributed by atoms with Crippen molar-refractivity contribution >= 4 is 22.7 Å². The van der Waals surface area contributed by atoms with E-state index in [0.717, 1.165) is 0 Å². The van der Waals surface area contributed by atoms with Gasteiger partial charge in [-0.1, -0.05) is 11.2 Å². The van der Waals surface area contributed by atoms with Crippen LogP contribution < -0.4 is 5.32 Å². The van der Waals surface area contributed by atoms with Crippen LogP contribution in [-0.2, 0) is 0 Å². The molecule has 25 heavy (non-hydrogen) atoms. The van der Waals surface area contributed by atoms with E-state index in [2.05, 4.69) is 15.5 Å². The molecular weight excluding hydrogens is 325 g/mol. The number of carbonyl (C=O) groups is 1. The van der Waals surface area contributed by atoms with Crippen LogP contribution in [0.3, 0.4) is 0 Å². The summed E-state index contributed by atoms with van der Waals surface area (Å²) >= 11 is 0. The van der Waals surface area contributed by atoms with Gasteiger partial charge in [0, 0.05) is 5.69 Å². The molecule has 3 heterocycles. The summed E-state index contributed by atoms with van der Waals surface area (Å²) in [7, 11) is 0. The fraction of sp³-hybridized carbons (Fsp3) is 0.0556. The number of rotatable bonds is 3. The highest BCUT2D eigenvalue weighted by Crippen LogP contribution is 2.28. The maximum Gasteiger partial charge on any atom is 0.259 e. The molecule has 7 heteroatoms. The predicted octanol–water partition coefficient (Wildman–Crippen LogP) is 4.18. The fourth-order valence-electron chi connectivity index (χ4n) is 2.59. The molecule has 0 radical (unpaired) electrons. The lowest BCUT2D eigenvalue weighted by Crippen LogP contribution is -2.13.